The molecular weight excluding hydrogens is 316 g/mol. The van der Waals surface area contributed by atoms with Crippen LogP contribution >= 0.6 is 0 Å². The van der Waals surface area contributed by atoms with Crippen LogP contribution in [0.1, 0.15) is 84.5 Å². The molecule has 0 saturated heterocycles. The molecule has 4 nitrogen and oxygen atoms in total. The zero-order valence-electron chi connectivity index (χ0n) is 16.0. The summed E-state index contributed by atoms with van der Waals surface area (Å²) in [4.78, 5) is 24.3. The van der Waals surface area contributed by atoms with E-state index >= 15 is 0 Å². The summed E-state index contributed by atoms with van der Waals surface area (Å²) in [5.41, 5.74) is -0.736. The Labute approximate surface area is 152 Å². The van der Waals surface area contributed by atoms with Crippen LogP contribution in [0.2, 0.25) is 0 Å². The van der Waals surface area contributed by atoms with Gasteiger partial charge in [-0.25, -0.2) is 0 Å². The van der Waals surface area contributed by atoms with Crippen molar-refractivity contribution in [3.05, 3.63) is 12.2 Å². The molecule has 0 aromatic rings. The second-order valence-electron chi connectivity index (χ2n) is 7.75. The first kappa shape index (κ1) is 22.0. The third-order valence-electron chi connectivity index (χ3n) is 5.21. The fourth-order valence-electron chi connectivity index (χ4n) is 3.56. The van der Waals surface area contributed by atoms with Crippen molar-refractivity contribution < 1.29 is 19.8 Å². The molecule has 1 saturated carbocycles. The van der Waals surface area contributed by atoms with Crippen molar-refractivity contribution in [2.24, 2.45) is 11.8 Å². The standard InChI is InChI=1S/C21H36O4/c1-3-4-13-21(2,25)14-10-12-18-17(19(23)16-20(18)24)11-8-6-5-7-9-15-22/h10,12,17-18,22,25H,3-9,11,13-16H2,1-2H3/b12-10+. The van der Waals surface area contributed by atoms with E-state index in [1.807, 2.05) is 19.1 Å². The van der Waals surface area contributed by atoms with Crippen molar-refractivity contribution in [1.29, 1.82) is 0 Å². The summed E-state index contributed by atoms with van der Waals surface area (Å²) >= 11 is 0. The Morgan fingerprint density at radius 1 is 1.08 bits per heavy atom. The lowest BCUT2D eigenvalue weighted by Gasteiger charge is -2.21. The maximum absolute atomic E-state index is 12.1. The molecule has 25 heavy (non-hydrogen) atoms. The van der Waals surface area contributed by atoms with E-state index in [1.54, 1.807) is 0 Å². The second kappa shape index (κ2) is 11.6. The lowest BCUT2D eigenvalue weighted by atomic mass is 9.88. The maximum Gasteiger partial charge on any atom is 0.147 e. The predicted molar refractivity (Wildman–Crippen MR) is 100 cm³/mol. The number of hydrogen-bond acceptors (Lipinski definition) is 4. The number of ketones is 2. The van der Waals surface area contributed by atoms with E-state index in [0.717, 1.165) is 57.8 Å². The van der Waals surface area contributed by atoms with E-state index in [9.17, 15) is 14.7 Å². The number of aliphatic hydroxyl groups excluding tert-OH is 1. The monoisotopic (exact) mass is 352 g/mol. The lowest BCUT2D eigenvalue weighted by Crippen LogP contribution is -2.23. The molecule has 0 bridgehead atoms. The van der Waals surface area contributed by atoms with Gasteiger partial charge in [0.05, 0.1) is 12.0 Å². The number of hydrogen-bond donors (Lipinski definition) is 2. The summed E-state index contributed by atoms with van der Waals surface area (Å²) in [5.74, 6) is -0.374. The van der Waals surface area contributed by atoms with Gasteiger partial charge in [-0.05, 0) is 32.6 Å². The van der Waals surface area contributed by atoms with Gasteiger partial charge < -0.3 is 10.2 Å². The van der Waals surface area contributed by atoms with Crippen molar-refractivity contribution in [2.75, 3.05) is 6.61 Å². The minimum absolute atomic E-state index is 0.0275. The van der Waals surface area contributed by atoms with Gasteiger partial charge in [-0.1, -0.05) is 57.6 Å². The van der Waals surface area contributed by atoms with Crippen LogP contribution in [0.3, 0.4) is 0 Å². The summed E-state index contributed by atoms with van der Waals surface area (Å²) < 4.78 is 0. The van der Waals surface area contributed by atoms with E-state index in [0.29, 0.717) is 6.42 Å². The first-order valence-electron chi connectivity index (χ1n) is 9.96. The molecule has 3 unspecified atom stereocenters. The molecule has 0 spiro atoms. The maximum atomic E-state index is 12.1. The normalized spacial score (nSPS) is 23.5. The van der Waals surface area contributed by atoms with Crippen LogP contribution in [0.4, 0.5) is 0 Å². The molecule has 1 rings (SSSR count). The highest BCUT2D eigenvalue weighted by atomic mass is 16.3. The largest absolute Gasteiger partial charge is 0.396 e. The Kier molecular flexibility index (Phi) is 10.2. The highest BCUT2D eigenvalue weighted by Gasteiger charge is 2.39. The smallest absolute Gasteiger partial charge is 0.147 e. The number of carbonyl (C=O) groups is 2. The van der Waals surface area contributed by atoms with Crippen LogP contribution in [0, 0.1) is 11.8 Å². The highest BCUT2D eigenvalue weighted by Crippen LogP contribution is 2.32. The summed E-state index contributed by atoms with van der Waals surface area (Å²) in [7, 11) is 0. The summed E-state index contributed by atoms with van der Waals surface area (Å²) in [5, 5.41) is 19.1. The molecule has 2 N–H and O–H groups in total. The van der Waals surface area contributed by atoms with Crippen LogP contribution in [0.15, 0.2) is 12.2 Å². The number of allylic oxidation sites excluding steroid dienone is 1. The summed E-state index contributed by atoms with van der Waals surface area (Å²) in [6.07, 6.45) is 12.8. The van der Waals surface area contributed by atoms with Crippen molar-refractivity contribution in [3.63, 3.8) is 0 Å². The van der Waals surface area contributed by atoms with E-state index in [2.05, 4.69) is 6.92 Å². The van der Waals surface area contributed by atoms with Gasteiger partial charge in [0.1, 0.15) is 11.6 Å². The van der Waals surface area contributed by atoms with Gasteiger partial charge >= 0.3 is 0 Å². The van der Waals surface area contributed by atoms with Gasteiger partial charge in [0.25, 0.3) is 0 Å². The molecule has 0 aromatic carbocycles. The van der Waals surface area contributed by atoms with Crippen LogP contribution in [-0.2, 0) is 9.59 Å². The number of carbonyl (C=O) groups excluding carboxylic acids is 2. The summed E-state index contributed by atoms with van der Waals surface area (Å²) in [6, 6.07) is 0. The number of Topliss-reactive ketones (excluding diaryl/α,β-unsaturated/α-hetero) is 2. The molecule has 1 aliphatic carbocycles. The zero-order valence-corrected chi connectivity index (χ0v) is 16.0. The lowest BCUT2D eigenvalue weighted by molar-refractivity contribution is -0.122. The molecule has 0 heterocycles. The molecule has 144 valence electrons. The SMILES string of the molecule is CCCCC(C)(O)C/C=C/C1C(=O)CC(=O)C1CCCCCCCO. The van der Waals surface area contributed by atoms with Crippen LogP contribution in [0.25, 0.3) is 0 Å². The van der Waals surface area contributed by atoms with Crippen LogP contribution < -0.4 is 0 Å². The fourth-order valence-corrected chi connectivity index (χ4v) is 3.56. The molecule has 0 amide bonds. The fraction of sp³-hybridized carbons (Fsp3) is 0.810. The van der Waals surface area contributed by atoms with Crippen LogP contribution in [-0.4, -0.2) is 34.0 Å². The van der Waals surface area contributed by atoms with E-state index < -0.39 is 5.60 Å². The minimum Gasteiger partial charge on any atom is -0.396 e. The Morgan fingerprint density at radius 3 is 2.44 bits per heavy atom. The van der Waals surface area contributed by atoms with Crippen molar-refractivity contribution >= 4 is 11.6 Å². The van der Waals surface area contributed by atoms with Gasteiger partial charge in [0.15, 0.2) is 0 Å². The van der Waals surface area contributed by atoms with Gasteiger partial charge in [-0.15, -0.1) is 0 Å². The Balaban J connectivity index is 2.47. The predicted octanol–water partition coefficient (Wildman–Crippen LogP) is 3.98. The van der Waals surface area contributed by atoms with Crippen molar-refractivity contribution in [2.45, 2.75) is 90.1 Å². The highest BCUT2D eigenvalue weighted by molar-refractivity contribution is 6.09. The Morgan fingerprint density at radius 2 is 1.76 bits per heavy atom. The molecule has 4 heteroatoms. The van der Waals surface area contributed by atoms with E-state index in [-0.39, 0.29) is 36.4 Å². The van der Waals surface area contributed by atoms with Crippen molar-refractivity contribution in [1.82, 2.24) is 0 Å². The van der Waals surface area contributed by atoms with Crippen LogP contribution in [0.5, 0.6) is 0 Å². The molecule has 0 aromatic heterocycles. The van der Waals surface area contributed by atoms with E-state index in [4.69, 9.17) is 5.11 Å². The first-order valence-corrected chi connectivity index (χ1v) is 9.96. The second-order valence-corrected chi connectivity index (χ2v) is 7.75. The van der Waals surface area contributed by atoms with Gasteiger partial charge in [-0.2, -0.15) is 0 Å². The van der Waals surface area contributed by atoms with Crippen molar-refractivity contribution in [3.8, 4) is 0 Å². The Bertz CT molecular complexity index is 439. The quantitative estimate of drug-likeness (QED) is 0.299. The number of aliphatic hydroxyl groups is 2. The molecule has 1 aliphatic rings. The molecule has 3 atom stereocenters. The Hall–Kier alpha value is -1.00. The van der Waals surface area contributed by atoms with Gasteiger partial charge in [0, 0.05) is 18.4 Å². The molecule has 1 fully saturated rings. The van der Waals surface area contributed by atoms with Gasteiger partial charge in [0.2, 0.25) is 0 Å². The number of rotatable bonds is 13. The topological polar surface area (TPSA) is 74.6 Å². The summed E-state index contributed by atoms with van der Waals surface area (Å²) in [6.45, 7) is 4.17. The van der Waals surface area contributed by atoms with E-state index in [1.165, 1.54) is 0 Å². The van der Waals surface area contributed by atoms with Gasteiger partial charge in [-0.3, -0.25) is 9.59 Å². The zero-order chi connectivity index (χ0) is 18.7. The molecule has 0 aliphatic heterocycles. The molecular formula is C21H36O4. The minimum atomic E-state index is -0.736. The average molecular weight is 353 g/mol. The molecule has 0 radical (unpaired) electrons. The third-order valence-corrected chi connectivity index (χ3v) is 5.21. The third kappa shape index (κ3) is 8.28. The first-order chi connectivity index (χ1) is 11.9. The number of unbranched alkanes of at least 4 members (excludes halogenated alkanes) is 5. The average Bonchev–Trinajstić information content (AvgIpc) is 2.82.